The number of hydrogen-bond acceptors (Lipinski definition) is 2. The molecule has 1 aliphatic rings. The summed E-state index contributed by atoms with van der Waals surface area (Å²) in [7, 11) is 0. The molecule has 1 N–H and O–H groups in total. The van der Waals surface area contributed by atoms with Gasteiger partial charge in [-0.05, 0) is 42.0 Å². The Bertz CT molecular complexity index is 550. The van der Waals surface area contributed by atoms with Crippen LogP contribution in [0, 0.1) is 0 Å². The molecule has 1 heterocycles. The van der Waals surface area contributed by atoms with Gasteiger partial charge in [-0.3, -0.25) is 4.98 Å². The average Bonchev–Trinajstić information content (AvgIpc) is 2.51. The molecule has 0 bridgehead atoms. The maximum absolute atomic E-state index is 4.38. The van der Waals surface area contributed by atoms with E-state index in [0.717, 1.165) is 18.7 Å². The van der Waals surface area contributed by atoms with Crippen LogP contribution < -0.4 is 5.32 Å². The van der Waals surface area contributed by atoms with E-state index in [-0.39, 0.29) is 0 Å². The van der Waals surface area contributed by atoms with Crippen LogP contribution in [0.1, 0.15) is 48.5 Å². The Balaban J connectivity index is 1.63. The van der Waals surface area contributed by atoms with Gasteiger partial charge in [-0.2, -0.15) is 0 Å². The third-order valence-corrected chi connectivity index (χ3v) is 4.29. The molecule has 0 spiro atoms. The van der Waals surface area contributed by atoms with Crippen molar-refractivity contribution in [3.63, 3.8) is 0 Å². The van der Waals surface area contributed by atoms with Gasteiger partial charge in [0.1, 0.15) is 0 Å². The van der Waals surface area contributed by atoms with Gasteiger partial charge in [0.25, 0.3) is 0 Å². The molecular formula is C18H22N2. The Morgan fingerprint density at radius 1 is 1.05 bits per heavy atom. The SMILES string of the molecule is CC1CCC(NCCc2ccccn2)c2ccccc21. The molecule has 2 unspecified atom stereocenters. The van der Waals surface area contributed by atoms with Crippen LogP contribution in [0.3, 0.4) is 0 Å². The molecule has 0 amide bonds. The summed E-state index contributed by atoms with van der Waals surface area (Å²) in [6, 6.07) is 15.5. The Labute approximate surface area is 121 Å². The summed E-state index contributed by atoms with van der Waals surface area (Å²) in [5.74, 6) is 0.694. The van der Waals surface area contributed by atoms with Crippen LogP contribution in [0.25, 0.3) is 0 Å². The summed E-state index contributed by atoms with van der Waals surface area (Å²) in [6.07, 6.45) is 5.38. The number of fused-ring (bicyclic) bond motifs is 1. The first kappa shape index (κ1) is 13.3. The quantitative estimate of drug-likeness (QED) is 0.909. The number of hydrogen-bond donors (Lipinski definition) is 1. The Morgan fingerprint density at radius 3 is 2.65 bits per heavy atom. The van der Waals surface area contributed by atoms with E-state index in [4.69, 9.17) is 0 Å². The van der Waals surface area contributed by atoms with Gasteiger partial charge < -0.3 is 5.32 Å². The molecule has 2 heteroatoms. The molecule has 0 aliphatic heterocycles. The summed E-state index contributed by atoms with van der Waals surface area (Å²) in [6.45, 7) is 3.33. The zero-order valence-electron chi connectivity index (χ0n) is 12.0. The fraction of sp³-hybridized carbons (Fsp3) is 0.389. The molecule has 1 aromatic heterocycles. The molecule has 104 valence electrons. The first-order chi connectivity index (χ1) is 9.84. The van der Waals surface area contributed by atoms with Crippen molar-refractivity contribution in [2.24, 2.45) is 0 Å². The lowest BCUT2D eigenvalue weighted by Crippen LogP contribution is -2.28. The molecule has 0 saturated heterocycles. The van der Waals surface area contributed by atoms with Crippen molar-refractivity contribution in [3.05, 3.63) is 65.5 Å². The fourth-order valence-electron chi connectivity index (χ4n) is 3.14. The molecule has 2 atom stereocenters. The lowest BCUT2D eigenvalue weighted by Gasteiger charge is -2.30. The monoisotopic (exact) mass is 266 g/mol. The van der Waals surface area contributed by atoms with E-state index in [9.17, 15) is 0 Å². The Morgan fingerprint density at radius 2 is 1.85 bits per heavy atom. The maximum atomic E-state index is 4.38. The van der Waals surface area contributed by atoms with E-state index in [1.165, 1.54) is 24.0 Å². The third kappa shape index (κ3) is 2.91. The van der Waals surface area contributed by atoms with Gasteiger partial charge >= 0.3 is 0 Å². The van der Waals surface area contributed by atoms with Gasteiger partial charge in [0.15, 0.2) is 0 Å². The normalized spacial score (nSPS) is 21.4. The van der Waals surface area contributed by atoms with Crippen LogP contribution in [0.15, 0.2) is 48.7 Å². The largest absolute Gasteiger partial charge is 0.310 e. The van der Waals surface area contributed by atoms with E-state index in [1.54, 1.807) is 0 Å². The number of pyridine rings is 1. The van der Waals surface area contributed by atoms with Crippen LogP contribution in [-0.4, -0.2) is 11.5 Å². The summed E-state index contributed by atoms with van der Waals surface area (Å²) in [4.78, 5) is 4.38. The summed E-state index contributed by atoms with van der Waals surface area (Å²) in [5.41, 5.74) is 4.18. The number of aromatic nitrogens is 1. The average molecular weight is 266 g/mol. The second-order valence-corrected chi connectivity index (χ2v) is 5.69. The second kappa shape index (κ2) is 6.19. The third-order valence-electron chi connectivity index (χ3n) is 4.29. The van der Waals surface area contributed by atoms with E-state index < -0.39 is 0 Å². The van der Waals surface area contributed by atoms with E-state index in [1.807, 2.05) is 12.3 Å². The van der Waals surface area contributed by atoms with Crippen molar-refractivity contribution in [1.82, 2.24) is 10.3 Å². The first-order valence-corrected chi connectivity index (χ1v) is 7.56. The smallest absolute Gasteiger partial charge is 0.0416 e. The van der Waals surface area contributed by atoms with Crippen molar-refractivity contribution in [2.75, 3.05) is 6.54 Å². The van der Waals surface area contributed by atoms with Gasteiger partial charge in [-0.15, -0.1) is 0 Å². The lowest BCUT2D eigenvalue weighted by atomic mass is 9.81. The molecule has 0 saturated carbocycles. The van der Waals surface area contributed by atoms with Gasteiger partial charge in [-0.25, -0.2) is 0 Å². The number of nitrogens with zero attached hydrogens (tertiary/aromatic N) is 1. The van der Waals surface area contributed by atoms with Crippen molar-refractivity contribution in [2.45, 2.75) is 38.1 Å². The van der Waals surface area contributed by atoms with Crippen molar-refractivity contribution < 1.29 is 0 Å². The van der Waals surface area contributed by atoms with Crippen molar-refractivity contribution >= 4 is 0 Å². The molecule has 2 nitrogen and oxygen atoms in total. The number of rotatable bonds is 4. The van der Waals surface area contributed by atoms with Crippen LogP contribution in [0.5, 0.6) is 0 Å². The second-order valence-electron chi connectivity index (χ2n) is 5.69. The van der Waals surface area contributed by atoms with Crippen LogP contribution in [-0.2, 0) is 6.42 Å². The Hall–Kier alpha value is -1.67. The predicted molar refractivity (Wildman–Crippen MR) is 82.8 cm³/mol. The zero-order chi connectivity index (χ0) is 13.8. The summed E-state index contributed by atoms with van der Waals surface area (Å²) in [5, 5.41) is 3.71. The van der Waals surface area contributed by atoms with Gasteiger partial charge in [0, 0.05) is 30.9 Å². The molecule has 0 radical (unpaired) electrons. The van der Waals surface area contributed by atoms with Gasteiger partial charge in [0.2, 0.25) is 0 Å². The topological polar surface area (TPSA) is 24.9 Å². The summed E-state index contributed by atoms with van der Waals surface area (Å²) < 4.78 is 0. The minimum absolute atomic E-state index is 0.506. The molecule has 0 fully saturated rings. The first-order valence-electron chi connectivity index (χ1n) is 7.56. The highest BCUT2D eigenvalue weighted by Gasteiger charge is 2.23. The summed E-state index contributed by atoms with van der Waals surface area (Å²) >= 11 is 0. The van der Waals surface area contributed by atoms with E-state index in [2.05, 4.69) is 53.6 Å². The molecule has 1 aliphatic carbocycles. The minimum atomic E-state index is 0.506. The van der Waals surface area contributed by atoms with Crippen LogP contribution >= 0.6 is 0 Å². The highest BCUT2D eigenvalue weighted by atomic mass is 14.9. The highest BCUT2D eigenvalue weighted by Crippen LogP contribution is 2.36. The minimum Gasteiger partial charge on any atom is -0.310 e. The zero-order valence-corrected chi connectivity index (χ0v) is 12.0. The molecule has 3 rings (SSSR count). The lowest BCUT2D eigenvalue weighted by molar-refractivity contribution is 0.434. The highest BCUT2D eigenvalue weighted by molar-refractivity contribution is 5.34. The molecule has 1 aromatic carbocycles. The van der Waals surface area contributed by atoms with Gasteiger partial charge in [-0.1, -0.05) is 37.3 Å². The predicted octanol–water partition coefficient (Wildman–Crippen LogP) is 3.85. The van der Waals surface area contributed by atoms with Crippen molar-refractivity contribution in [1.29, 1.82) is 0 Å². The number of nitrogens with one attached hydrogen (secondary N) is 1. The maximum Gasteiger partial charge on any atom is 0.0416 e. The van der Waals surface area contributed by atoms with Crippen LogP contribution in [0.2, 0.25) is 0 Å². The fourth-order valence-corrected chi connectivity index (χ4v) is 3.14. The van der Waals surface area contributed by atoms with E-state index in [0.29, 0.717) is 12.0 Å². The van der Waals surface area contributed by atoms with E-state index >= 15 is 0 Å². The molecular weight excluding hydrogens is 244 g/mol. The number of benzene rings is 1. The van der Waals surface area contributed by atoms with Crippen LogP contribution in [0.4, 0.5) is 0 Å². The van der Waals surface area contributed by atoms with Gasteiger partial charge in [0.05, 0.1) is 0 Å². The van der Waals surface area contributed by atoms with Crippen molar-refractivity contribution in [3.8, 4) is 0 Å². The Kier molecular flexibility index (Phi) is 4.12. The molecule has 2 aromatic rings. The standard InChI is InChI=1S/C18H22N2/c1-14-9-10-18(17-8-3-2-7-16(14)17)20-13-11-15-6-4-5-12-19-15/h2-8,12,14,18,20H,9-11,13H2,1H3. The molecule has 20 heavy (non-hydrogen) atoms.